The monoisotopic (exact) mass is 271 g/mol. The number of pyridine rings is 1. The molecule has 0 bridgehead atoms. The largest absolute Gasteiger partial charge is 0.486 e. The van der Waals surface area contributed by atoms with E-state index in [-0.39, 0.29) is 0 Å². The highest BCUT2D eigenvalue weighted by Crippen LogP contribution is 2.30. The summed E-state index contributed by atoms with van der Waals surface area (Å²) in [5.74, 6) is 2.97. The predicted octanol–water partition coefficient (Wildman–Crippen LogP) is 2.09. The minimum atomic E-state index is 0.523. The SMILES string of the molecule is Nc1cccc(NCCc2ccc3c(c2)OCCO3)n1. The van der Waals surface area contributed by atoms with E-state index in [1.54, 1.807) is 6.07 Å². The molecule has 0 saturated heterocycles. The molecule has 0 spiro atoms. The van der Waals surface area contributed by atoms with Crippen LogP contribution in [0.3, 0.4) is 0 Å². The molecule has 2 heterocycles. The standard InChI is InChI=1S/C15H17N3O2/c16-14-2-1-3-15(18-14)17-7-6-11-4-5-12-13(10-11)20-9-8-19-12/h1-5,10H,6-9H2,(H3,16,17,18). The number of nitrogens with one attached hydrogen (secondary N) is 1. The third-order valence-electron chi connectivity index (χ3n) is 3.10. The van der Waals surface area contributed by atoms with Gasteiger partial charge in [0, 0.05) is 6.54 Å². The van der Waals surface area contributed by atoms with Crippen molar-refractivity contribution >= 4 is 11.6 Å². The number of fused-ring (bicyclic) bond motifs is 1. The number of rotatable bonds is 4. The van der Waals surface area contributed by atoms with Crippen molar-refractivity contribution in [1.29, 1.82) is 0 Å². The van der Waals surface area contributed by atoms with E-state index >= 15 is 0 Å². The lowest BCUT2D eigenvalue weighted by Gasteiger charge is -2.18. The van der Waals surface area contributed by atoms with Crippen LogP contribution in [0, 0.1) is 0 Å². The van der Waals surface area contributed by atoms with Crippen LogP contribution >= 0.6 is 0 Å². The van der Waals surface area contributed by atoms with Crippen molar-refractivity contribution in [3.8, 4) is 11.5 Å². The molecule has 0 atom stereocenters. The van der Waals surface area contributed by atoms with Gasteiger partial charge >= 0.3 is 0 Å². The highest BCUT2D eigenvalue weighted by atomic mass is 16.6. The minimum absolute atomic E-state index is 0.523. The molecule has 5 heteroatoms. The summed E-state index contributed by atoms with van der Waals surface area (Å²) < 4.78 is 11.1. The fraction of sp³-hybridized carbons (Fsp3) is 0.267. The molecule has 2 aromatic rings. The molecule has 3 rings (SSSR count). The molecule has 104 valence electrons. The molecule has 5 nitrogen and oxygen atoms in total. The lowest BCUT2D eigenvalue weighted by molar-refractivity contribution is 0.171. The first-order chi connectivity index (χ1) is 9.81. The lowest BCUT2D eigenvalue weighted by atomic mass is 10.1. The first-order valence-corrected chi connectivity index (χ1v) is 6.66. The van der Waals surface area contributed by atoms with Crippen molar-refractivity contribution in [1.82, 2.24) is 4.98 Å². The van der Waals surface area contributed by atoms with Crippen molar-refractivity contribution in [3.63, 3.8) is 0 Å². The maximum absolute atomic E-state index is 5.64. The van der Waals surface area contributed by atoms with E-state index in [0.29, 0.717) is 19.0 Å². The summed E-state index contributed by atoms with van der Waals surface area (Å²) >= 11 is 0. The van der Waals surface area contributed by atoms with Crippen LogP contribution in [-0.2, 0) is 6.42 Å². The van der Waals surface area contributed by atoms with Crippen LogP contribution in [0.5, 0.6) is 11.5 Å². The van der Waals surface area contributed by atoms with Gasteiger partial charge in [0.25, 0.3) is 0 Å². The van der Waals surface area contributed by atoms with Gasteiger partial charge < -0.3 is 20.5 Å². The minimum Gasteiger partial charge on any atom is -0.486 e. The Labute approximate surface area is 117 Å². The van der Waals surface area contributed by atoms with Crippen molar-refractivity contribution in [2.45, 2.75) is 6.42 Å². The molecule has 0 fully saturated rings. The molecule has 1 aromatic carbocycles. The van der Waals surface area contributed by atoms with E-state index in [9.17, 15) is 0 Å². The van der Waals surface area contributed by atoms with E-state index < -0.39 is 0 Å². The molecular weight excluding hydrogens is 254 g/mol. The van der Waals surface area contributed by atoms with Gasteiger partial charge in [-0.25, -0.2) is 4.98 Å². The van der Waals surface area contributed by atoms with Gasteiger partial charge in [0.05, 0.1) is 0 Å². The van der Waals surface area contributed by atoms with Crippen LogP contribution in [0.15, 0.2) is 36.4 Å². The Balaban J connectivity index is 1.58. The molecule has 0 saturated carbocycles. The highest BCUT2D eigenvalue weighted by Gasteiger charge is 2.11. The molecule has 3 N–H and O–H groups in total. The fourth-order valence-corrected chi connectivity index (χ4v) is 2.13. The van der Waals surface area contributed by atoms with Crippen molar-refractivity contribution in [2.75, 3.05) is 30.8 Å². The Morgan fingerprint density at radius 2 is 1.95 bits per heavy atom. The average molecular weight is 271 g/mol. The number of nitrogens with zero attached hydrogens (tertiary/aromatic N) is 1. The van der Waals surface area contributed by atoms with Crippen molar-refractivity contribution < 1.29 is 9.47 Å². The third kappa shape index (κ3) is 2.93. The Hall–Kier alpha value is -2.43. The average Bonchev–Trinajstić information content (AvgIpc) is 2.47. The third-order valence-corrected chi connectivity index (χ3v) is 3.10. The summed E-state index contributed by atoms with van der Waals surface area (Å²) in [5, 5.41) is 3.25. The molecule has 0 amide bonds. The van der Waals surface area contributed by atoms with E-state index in [0.717, 1.165) is 30.3 Å². The number of nitrogen functional groups attached to an aromatic ring is 1. The summed E-state index contributed by atoms with van der Waals surface area (Å²) in [6, 6.07) is 11.6. The van der Waals surface area contributed by atoms with Crippen LogP contribution in [0.4, 0.5) is 11.6 Å². The smallest absolute Gasteiger partial charge is 0.161 e. The predicted molar refractivity (Wildman–Crippen MR) is 78.3 cm³/mol. The zero-order valence-corrected chi connectivity index (χ0v) is 11.1. The van der Waals surface area contributed by atoms with Gasteiger partial charge in [-0.1, -0.05) is 12.1 Å². The Morgan fingerprint density at radius 1 is 1.10 bits per heavy atom. The van der Waals surface area contributed by atoms with Gasteiger partial charge in [-0.2, -0.15) is 0 Å². The fourth-order valence-electron chi connectivity index (χ4n) is 2.13. The van der Waals surface area contributed by atoms with Crippen LogP contribution < -0.4 is 20.5 Å². The molecular formula is C15H17N3O2. The maximum atomic E-state index is 5.64. The Morgan fingerprint density at radius 3 is 2.80 bits per heavy atom. The zero-order valence-electron chi connectivity index (χ0n) is 11.1. The van der Waals surface area contributed by atoms with Crippen LogP contribution in [0.25, 0.3) is 0 Å². The van der Waals surface area contributed by atoms with Gasteiger partial charge in [0.2, 0.25) is 0 Å². The number of hydrogen-bond acceptors (Lipinski definition) is 5. The molecule has 1 aromatic heterocycles. The number of benzene rings is 1. The second-order valence-electron chi connectivity index (χ2n) is 4.60. The van der Waals surface area contributed by atoms with E-state index in [1.165, 1.54) is 5.56 Å². The number of ether oxygens (including phenoxy) is 2. The number of hydrogen-bond donors (Lipinski definition) is 2. The number of aromatic nitrogens is 1. The Bertz CT molecular complexity index is 601. The lowest BCUT2D eigenvalue weighted by Crippen LogP contribution is -2.15. The summed E-state index contributed by atoms with van der Waals surface area (Å²) in [7, 11) is 0. The number of anilines is 2. The molecule has 0 unspecified atom stereocenters. The van der Waals surface area contributed by atoms with Crippen LogP contribution in [-0.4, -0.2) is 24.7 Å². The molecule has 20 heavy (non-hydrogen) atoms. The second kappa shape index (κ2) is 5.69. The molecule has 0 radical (unpaired) electrons. The zero-order chi connectivity index (χ0) is 13.8. The summed E-state index contributed by atoms with van der Waals surface area (Å²) in [5.41, 5.74) is 6.84. The van der Waals surface area contributed by atoms with Crippen molar-refractivity contribution in [3.05, 3.63) is 42.0 Å². The van der Waals surface area contributed by atoms with E-state index in [2.05, 4.69) is 16.4 Å². The van der Waals surface area contributed by atoms with Crippen LogP contribution in [0.2, 0.25) is 0 Å². The topological polar surface area (TPSA) is 69.4 Å². The summed E-state index contributed by atoms with van der Waals surface area (Å²) in [4.78, 5) is 4.20. The number of nitrogens with two attached hydrogens (primary N) is 1. The van der Waals surface area contributed by atoms with Gasteiger partial charge in [-0.15, -0.1) is 0 Å². The molecule has 0 aliphatic carbocycles. The maximum Gasteiger partial charge on any atom is 0.161 e. The van der Waals surface area contributed by atoms with Gasteiger partial charge in [0.1, 0.15) is 24.8 Å². The van der Waals surface area contributed by atoms with Crippen molar-refractivity contribution in [2.24, 2.45) is 0 Å². The summed E-state index contributed by atoms with van der Waals surface area (Å²) in [6.45, 7) is 2.02. The first-order valence-electron chi connectivity index (χ1n) is 6.66. The highest BCUT2D eigenvalue weighted by molar-refractivity contribution is 5.45. The molecule has 1 aliphatic heterocycles. The quantitative estimate of drug-likeness (QED) is 0.891. The van der Waals surface area contributed by atoms with Gasteiger partial charge in [-0.05, 0) is 36.2 Å². The normalized spacial score (nSPS) is 13.0. The Kier molecular flexibility index (Phi) is 3.58. The van der Waals surface area contributed by atoms with Crippen LogP contribution in [0.1, 0.15) is 5.56 Å². The van der Waals surface area contributed by atoms with Gasteiger partial charge in [-0.3, -0.25) is 0 Å². The van der Waals surface area contributed by atoms with E-state index in [4.69, 9.17) is 15.2 Å². The second-order valence-corrected chi connectivity index (χ2v) is 4.60. The molecule has 1 aliphatic rings. The summed E-state index contributed by atoms with van der Waals surface area (Å²) in [6.07, 6.45) is 0.882. The first kappa shape index (κ1) is 12.6. The van der Waals surface area contributed by atoms with Gasteiger partial charge in [0.15, 0.2) is 11.5 Å². The van der Waals surface area contributed by atoms with E-state index in [1.807, 2.05) is 24.3 Å².